The van der Waals surface area contributed by atoms with Gasteiger partial charge in [-0.2, -0.15) is 5.26 Å². The molecule has 1 N–H and O–H groups in total. The number of carbonyl (C=O) groups excluding carboxylic acids is 1. The Hall–Kier alpha value is -4.58. The molecule has 1 unspecified atom stereocenters. The highest BCUT2D eigenvalue weighted by atomic mass is 32.2. The standard InChI is InChI=1S/C35H38F3N3O7S/c1-21-8-12-30(47-7)28(14-21)34(27-15-24(18-39)10-9-22(27)2,41-19-25(42)16-29(41)33(43)40(4)5)23(3)20-49(44,45)32-13-11-26(46-6)17-31(32)48-35(36,37)38/h8-15,17,25,29,42H,3,16,19-20H2,1-2,4-7H3/t25-,29+,34?/m1/s1. The zero-order valence-electron chi connectivity index (χ0n) is 28.0. The van der Waals surface area contributed by atoms with Crippen molar-refractivity contribution in [2.24, 2.45) is 0 Å². The minimum atomic E-state index is -5.23. The van der Waals surface area contributed by atoms with Gasteiger partial charge < -0.3 is 24.2 Å². The smallest absolute Gasteiger partial charge is 0.497 e. The highest BCUT2D eigenvalue weighted by Crippen LogP contribution is 2.51. The lowest BCUT2D eigenvalue weighted by molar-refractivity contribution is -0.275. The van der Waals surface area contributed by atoms with Crippen molar-refractivity contribution < 1.29 is 45.7 Å². The summed E-state index contributed by atoms with van der Waals surface area (Å²) in [5, 5.41) is 21.1. The fraction of sp³-hybridized carbons (Fsp3) is 0.371. The summed E-state index contributed by atoms with van der Waals surface area (Å²) in [5.74, 6) is -2.15. The molecule has 3 atom stereocenters. The summed E-state index contributed by atoms with van der Waals surface area (Å²) in [6.07, 6.45) is -6.29. The van der Waals surface area contributed by atoms with Crippen LogP contribution in [0.5, 0.6) is 17.2 Å². The summed E-state index contributed by atoms with van der Waals surface area (Å²) in [5.41, 5.74) is 0.323. The first-order valence-electron chi connectivity index (χ1n) is 15.1. The highest BCUT2D eigenvalue weighted by Gasteiger charge is 2.54. The van der Waals surface area contributed by atoms with E-state index in [9.17, 15) is 36.8 Å². The molecule has 0 spiro atoms. The minimum absolute atomic E-state index is 0.0219. The summed E-state index contributed by atoms with van der Waals surface area (Å²) in [4.78, 5) is 16.0. The summed E-state index contributed by atoms with van der Waals surface area (Å²) in [7, 11) is 1.01. The monoisotopic (exact) mass is 701 g/mol. The number of β-amino-alcohol motifs (C(OH)–C–C–N with tert-alkyl or cyclic N) is 1. The number of aryl methyl sites for hydroxylation is 2. The van der Waals surface area contributed by atoms with Crippen LogP contribution in [-0.2, 0) is 20.2 Å². The summed E-state index contributed by atoms with van der Waals surface area (Å²) in [6.45, 7) is 7.68. The topological polar surface area (TPSA) is 129 Å². The van der Waals surface area contributed by atoms with Gasteiger partial charge in [-0.05, 0) is 73.4 Å². The van der Waals surface area contributed by atoms with Gasteiger partial charge in [0, 0.05) is 32.3 Å². The molecule has 1 fully saturated rings. The normalized spacial score (nSPS) is 17.9. The molecule has 4 rings (SSSR count). The van der Waals surface area contributed by atoms with E-state index in [1.807, 2.05) is 0 Å². The number of halogens is 3. The third kappa shape index (κ3) is 7.39. The Bertz CT molecular complexity index is 1900. The zero-order valence-corrected chi connectivity index (χ0v) is 28.8. The molecular weight excluding hydrogens is 663 g/mol. The predicted molar refractivity (Wildman–Crippen MR) is 175 cm³/mol. The maximum absolute atomic E-state index is 14.3. The van der Waals surface area contributed by atoms with E-state index >= 15 is 0 Å². The van der Waals surface area contributed by atoms with Crippen LogP contribution < -0.4 is 14.2 Å². The quantitative estimate of drug-likeness (QED) is 0.278. The molecule has 1 aliphatic rings. The molecule has 1 saturated heterocycles. The van der Waals surface area contributed by atoms with Crippen molar-refractivity contribution in [1.82, 2.24) is 9.80 Å². The van der Waals surface area contributed by atoms with Gasteiger partial charge in [-0.25, -0.2) is 8.42 Å². The van der Waals surface area contributed by atoms with Gasteiger partial charge in [-0.15, -0.1) is 13.2 Å². The van der Waals surface area contributed by atoms with Gasteiger partial charge in [-0.1, -0.05) is 24.3 Å². The number of aliphatic hydroxyl groups excluding tert-OH is 1. The number of carbonyl (C=O) groups is 1. The van der Waals surface area contributed by atoms with E-state index in [4.69, 9.17) is 9.47 Å². The van der Waals surface area contributed by atoms with Crippen molar-refractivity contribution in [1.29, 1.82) is 5.26 Å². The number of hydrogen-bond donors (Lipinski definition) is 1. The second-order valence-corrected chi connectivity index (χ2v) is 14.0. The number of benzene rings is 3. The molecule has 0 saturated carbocycles. The maximum Gasteiger partial charge on any atom is 0.573 e. The Kier molecular flexibility index (Phi) is 10.7. The van der Waals surface area contributed by atoms with E-state index in [1.165, 1.54) is 25.2 Å². The molecule has 14 heteroatoms. The number of amides is 1. The first-order chi connectivity index (χ1) is 22.9. The second kappa shape index (κ2) is 14.1. The van der Waals surface area contributed by atoms with Crippen molar-refractivity contribution >= 4 is 15.7 Å². The van der Waals surface area contributed by atoms with Gasteiger partial charge in [-0.3, -0.25) is 9.69 Å². The first-order valence-corrected chi connectivity index (χ1v) is 16.7. The molecule has 3 aromatic carbocycles. The molecule has 0 aliphatic carbocycles. The molecule has 262 valence electrons. The molecule has 49 heavy (non-hydrogen) atoms. The number of nitriles is 1. The van der Waals surface area contributed by atoms with E-state index in [0.29, 0.717) is 16.7 Å². The summed E-state index contributed by atoms with van der Waals surface area (Å²) < 4.78 is 84.2. The van der Waals surface area contributed by atoms with Crippen LogP contribution in [0, 0.1) is 25.2 Å². The van der Waals surface area contributed by atoms with Gasteiger partial charge >= 0.3 is 6.36 Å². The van der Waals surface area contributed by atoms with E-state index in [2.05, 4.69) is 17.4 Å². The van der Waals surface area contributed by atoms with E-state index in [1.54, 1.807) is 69.2 Å². The lowest BCUT2D eigenvalue weighted by Crippen LogP contribution is -2.56. The molecular formula is C35H38F3N3O7S. The number of methoxy groups -OCH3 is 2. The van der Waals surface area contributed by atoms with Gasteiger partial charge in [0.1, 0.15) is 16.4 Å². The fourth-order valence-corrected chi connectivity index (χ4v) is 7.93. The number of nitrogens with zero attached hydrogens (tertiary/aromatic N) is 3. The summed E-state index contributed by atoms with van der Waals surface area (Å²) >= 11 is 0. The van der Waals surface area contributed by atoms with Crippen LogP contribution in [-0.4, -0.2) is 88.4 Å². The van der Waals surface area contributed by atoms with Crippen molar-refractivity contribution in [2.75, 3.05) is 40.6 Å². The Morgan fingerprint density at radius 1 is 1.04 bits per heavy atom. The Balaban J connectivity index is 2.12. The molecule has 0 radical (unpaired) electrons. The van der Waals surface area contributed by atoms with Crippen LogP contribution >= 0.6 is 0 Å². The Morgan fingerprint density at radius 3 is 2.33 bits per heavy atom. The van der Waals surface area contributed by atoms with Gasteiger partial charge in [0.15, 0.2) is 15.6 Å². The third-order valence-corrected chi connectivity index (χ3v) is 10.3. The lowest BCUT2D eigenvalue weighted by atomic mass is 9.73. The number of aliphatic hydroxyl groups is 1. The van der Waals surface area contributed by atoms with E-state index < -0.39 is 56.2 Å². The van der Waals surface area contributed by atoms with Crippen molar-refractivity contribution in [2.45, 2.75) is 49.2 Å². The number of alkyl halides is 3. The number of likely N-dealkylation sites (tertiary alicyclic amines) is 1. The average Bonchev–Trinajstić information content (AvgIpc) is 3.42. The minimum Gasteiger partial charge on any atom is -0.497 e. The average molecular weight is 702 g/mol. The van der Waals surface area contributed by atoms with E-state index in [-0.39, 0.29) is 35.6 Å². The fourth-order valence-electron chi connectivity index (χ4n) is 6.43. The molecule has 0 bridgehead atoms. The van der Waals surface area contributed by atoms with Crippen LogP contribution in [0.25, 0.3) is 0 Å². The molecule has 0 aromatic heterocycles. The molecule has 1 heterocycles. The number of sulfone groups is 1. The highest BCUT2D eigenvalue weighted by molar-refractivity contribution is 7.91. The first kappa shape index (κ1) is 37.2. The predicted octanol–water partition coefficient (Wildman–Crippen LogP) is 4.89. The van der Waals surface area contributed by atoms with Crippen LogP contribution in [0.15, 0.2) is 71.6 Å². The molecule has 3 aromatic rings. The van der Waals surface area contributed by atoms with E-state index in [0.717, 1.165) is 17.7 Å². The zero-order chi connectivity index (χ0) is 36.5. The van der Waals surface area contributed by atoms with Crippen LogP contribution in [0.2, 0.25) is 0 Å². The van der Waals surface area contributed by atoms with Crippen molar-refractivity contribution in [3.8, 4) is 23.3 Å². The maximum atomic E-state index is 14.3. The van der Waals surface area contributed by atoms with Crippen LogP contribution in [0.3, 0.4) is 0 Å². The van der Waals surface area contributed by atoms with Crippen molar-refractivity contribution in [3.63, 3.8) is 0 Å². The summed E-state index contributed by atoms with van der Waals surface area (Å²) in [6, 6.07) is 14.0. The Morgan fingerprint density at radius 2 is 1.73 bits per heavy atom. The second-order valence-electron chi connectivity index (χ2n) is 12.1. The largest absolute Gasteiger partial charge is 0.573 e. The lowest BCUT2D eigenvalue weighted by Gasteiger charge is -2.48. The number of ether oxygens (including phenoxy) is 3. The number of rotatable bonds is 11. The SMILES string of the molecule is C=C(CS(=O)(=O)c1ccc(OC)cc1OC(F)(F)F)C(c1cc(C#N)ccc1C)(c1cc(C)ccc1OC)N1C[C@H](O)C[C@H]1C(=O)N(C)C. The number of likely N-dealkylation sites (N-methyl/N-ethyl adjacent to an activating group) is 1. The van der Waals surface area contributed by atoms with Gasteiger partial charge in [0.25, 0.3) is 0 Å². The number of hydrogen-bond acceptors (Lipinski definition) is 9. The van der Waals surface area contributed by atoms with Crippen LogP contribution in [0.4, 0.5) is 13.2 Å². The van der Waals surface area contributed by atoms with Gasteiger partial charge in [0.05, 0.1) is 49.3 Å². The van der Waals surface area contributed by atoms with Crippen molar-refractivity contribution in [3.05, 3.63) is 94.6 Å². The third-order valence-electron chi connectivity index (χ3n) is 8.52. The molecule has 1 aliphatic heterocycles. The molecule has 10 nitrogen and oxygen atoms in total. The Labute approximate surface area is 283 Å². The van der Waals surface area contributed by atoms with Crippen LogP contribution in [0.1, 0.15) is 34.2 Å². The van der Waals surface area contributed by atoms with Gasteiger partial charge in [0.2, 0.25) is 5.91 Å². The molecule has 1 amide bonds.